The Morgan fingerprint density at radius 2 is 2.12 bits per heavy atom. The van der Waals surface area contributed by atoms with E-state index in [2.05, 4.69) is 23.3 Å². The van der Waals surface area contributed by atoms with Gasteiger partial charge in [-0.1, -0.05) is 23.8 Å². The summed E-state index contributed by atoms with van der Waals surface area (Å²) in [5.41, 5.74) is 2.92. The van der Waals surface area contributed by atoms with Crippen molar-refractivity contribution in [2.75, 3.05) is 19.8 Å². The molecule has 0 atom stereocenters. The Balaban J connectivity index is 1.67. The van der Waals surface area contributed by atoms with Crippen molar-refractivity contribution < 1.29 is 14.6 Å². The molecule has 6 heteroatoms. The number of carbonyl (C=O) groups excluding carboxylic acids is 1. The highest BCUT2D eigenvalue weighted by molar-refractivity contribution is 7.13. The highest BCUT2D eigenvalue weighted by Crippen LogP contribution is 2.27. The summed E-state index contributed by atoms with van der Waals surface area (Å²) in [5, 5.41) is 15.8. The van der Waals surface area contributed by atoms with Gasteiger partial charge in [0.05, 0.1) is 5.60 Å². The van der Waals surface area contributed by atoms with Crippen LogP contribution in [0.15, 0.2) is 23.6 Å². The lowest BCUT2D eigenvalue weighted by Crippen LogP contribution is -2.46. The molecule has 2 N–H and O–H groups in total. The van der Waals surface area contributed by atoms with Crippen molar-refractivity contribution in [3.63, 3.8) is 0 Å². The molecule has 0 aliphatic carbocycles. The van der Waals surface area contributed by atoms with E-state index >= 15 is 0 Å². The molecule has 1 aromatic heterocycles. The van der Waals surface area contributed by atoms with Crippen molar-refractivity contribution >= 4 is 17.2 Å². The maximum atomic E-state index is 12.3. The number of nitrogens with zero attached hydrogens (tertiary/aromatic N) is 1. The van der Waals surface area contributed by atoms with Crippen molar-refractivity contribution in [2.24, 2.45) is 0 Å². The molecule has 1 aliphatic rings. The second-order valence-electron chi connectivity index (χ2n) is 6.38. The van der Waals surface area contributed by atoms with Crippen molar-refractivity contribution in [2.45, 2.75) is 32.3 Å². The number of thiazole rings is 1. The van der Waals surface area contributed by atoms with E-state index in [9.17, 15) is 9.90 Å². The van der Waals surface area contributed by atoms with Crippen molar-refractivity contribution in [1.82, 2.24) is 10.3 Å². The largest absolute Gasteiger partial charge is 0.388 e. The summed E-state index contributed by atoms with van der Waals surface area (Å²) in [7, 11) is 0. The van der Waals surface area contributed by atoms with Crippen LogP contribution in [0.2, 0.25) is 0 Å². The number of aryl methyl sites for hydroxylation is 2. The number of nitrogens with one attached hydrogen (secondary N) is 1. The van der Waals surface area contributed by atoms with Gasteiger partial charge in [-0.2, -0.15) is 0 Å². The molecular formula is C18H22N2O3S. The topological polar surface area (TPSA) is 71.5 Å². The lowest BCUT2D eigenvalue weighted by atomic mass is 9.94. The lowest BCUT2D eigenvalue weighted by molar-refractivity contribution is -0.0605. The van der Waals surface area contributed by atoms with Gasteiger partial charge in [0.25, 0.3) is 5.91 Å². The molecule has 0 spiro atoms. The first-order valence-electron chi connectivity index (χ1n) is 8.08. The third-order valence-corrected chi connectivity index (χ3v) is 5.23. The smallest absolute Gasteiger partial charge is 0.270 e. The predicted molar refractivity (Wildman–Crippen MR) is 94.4 cm³/mol. The number of benzene rings is 1. The standard InChI is InChI=1S/C18H22N2O3S/c1-12-3-4-14(13(2)9-12)17-20-15(10-24-17)16(21)19-11-18(22)5-7-23-8-6-18/h3-4,9-10,22H,5-8,11H2,1-2H3,(H,19,21). The molecule has 2 aromatic rings. The molecule has 128 valence electrons. The Morgan fingerprint density at radius 3 is 2.83 bits per heavy atom. The number of carbonyl (C=O) groups is 1. The van der Waals surface area contributed by atoms with Gasteiger partial charge in [-0.25, -0.2) is 4.98 Å². The van der Waals surface area contributed by atoms with Crippen LogP contribution in [-0.2, 0) is 4.74 Å². The van der Waals surface area contributed by atoms with Gasteiger partial charge < -0.3 is 15.2 Å². The number of aromatic nitrogens is 1. The number of hydrogen-bond donors (Lipinski definition) is 2. The average molecular weight is 346 g/mol. The summed E-state index contributed by atoms with van der Waals surface area (Å²) in [4.78, 5) is 16.8. The molecule has 0 bridgehead atoms. The van der Waals surface area contributed by atoms with E-state index in [1.165, 1.54) is 16.9 Å². The SMILES string of the molecule is Cc1ccc(-c2nc(C(=O)NCC3(O)CCOCC3)cs2)c(C)c1. The second kappa shape index (κ2) is 7.01. The maximum absolute atomic E-state index is 12.3. The molecule has 5 nitrogen and oxygen atoms in total. The Bertz CT molecular complexity index is 736. The molecule has 0 saturated carbocycles. The van der Waals surface area contributed by atoms with Crippen LogP contribution in [0.5, 0.6) is 0 Å². The Labute approximate surface area is 145 Å². The first-order valence-corrected chi connectivity index (χ1v) is 8.96. The highest BCUT2D eigenvalue weighted by Gasteiger charge is 2.30. The van der Waals surface area contributed by atoms with Crippen molar-refractivity contribution in [1.29, 1.82) is 0 Å². The van der Waals surface area contributed by atoms with Gasteiger partial charge in [-0.05, 0) is 19.4 Å². The van der Waals surface area contributed by atoms with Gasteiger partial charge in [-0.15, -0.1) is 11.3 Å². The van der Waals surface area contributed by atoms with Crippen LogP contribution in [0.1, 0.15) is 34.5 Å². The minimum absolute atomic E-state index is 0.228. The van der Waals surface area contributed by atoms with Gasteiger partial charge >= 0.3 is 0 Å². The Morgan fingerprint density at radius 1 is 1.38 bits per heavy atom. The van der Waals surface area contributed by atoms with E-state index in [4.69, 9.17) is 4.74 Å². The highest BCUT2D eigenvalue weighted by atomic mass is 32.1. The first-order chi connectivity index (χ1) is 11.5. The van der Waals surface area contributed by atoms with E-state index < -0.39 is 5.60 Å². The third-order valence-electron chi connectivity index (χ3n) is 4.35. The predicted octanol–water partition coefficient (Wildman–Crippen LogP) is 2.70. The average Bonchev–Trinajstić information content (AvgIpc) is 3.03. The third kappa shape index (κ3) is 3.83. The van der Waals surface area contributed by atoms with Crippen LogP contribution in [0.3, 0.4) is 0 Å². The summed E-state index contributed by atoms with van der Waals surface area (Å²) in [6, 6.07) is 6.19. The van der Waals surface area contributed by atoms with Crippen LogP contribution < -0.4 is 5.32 Å². The van der Waals surface area contributed by atoms with E-state index in [0.29, 0.717) is 31.7 Å². The molecule has 0 radical (unpaired) electrons. The zero-order chi connectivity index (χ0) is 17.2. The fraction of sp³-hybridized carbons (Fsp3) is 0.444. The lowest BCUT2D eigenvalue weighted by Gasteiger charge is -2.31. The molecule has 3 rings (SSSR count). The second-order valence-corrected chi connectivity index (χ2v) is 7.23. The molecule has 1 aliphatic heterocycles. The zero-order valence-corrected chi connectivity index (χ0v) is 14.8. The molecule has 1 aromatic carbocycles. The van der Waals surface area contributed by atoms with E-state index in [1.54, 1.807) is 5.38 Å². The fourth-order valence-electron chi connectivity index (χ4n) is 2.82. The fourth-order valence-corrected chi connectivity index (χ4v) is 3.71. The van der Waals surface area contributed by atoms with Crippen LogP contribution in [0.4, 0.5) is 0 Å². The van der Waals surface area contributed by atoms with E-state index in [0.717, 1.165) is 16.1 Å². The number of rotatable bonds is 4. The first kappa shape index (κ1) is 17.1. The molecule has 24 heavy (non-hydrogen) atoms. The van der Waals surface area contributed by atoms with Crippen molar-refractivity contribution in [3.05, 3.63) is 40.4 Å². The summed E-state index contributed by atoms with van der Waals surface area (Å²) in [6.07, 6.45) is 1.08. The quantitative estimate of drug-likeness (QED) is 0.893. The summed E-state index contributed by atoms with van der Waals surface area (Å²) in [6.45, 7) is 5.38. The monoisotopic (exact) mass is 346 g/mol. The summed E-state index contributed by atoms with van der Waals surface area (Å²) in [5.74, 6) is -0.248. The minimum atomic E-state index is -0.875. The number of aliphatic hydroxyl groups is 1. The molecule has 1 fully saturated rings. The molecule has 1 saturated heterocycles. The Kier molecular flexibility index (Phi) is 4.99. The number of amides is 1. The zero-order valence-electron chi connectivity index (χ0n) is 14.0. The van der Waals surface area contributed by atoms with E-state index in [-0.39, 0.29) is 12.5 Å². The van der Waals surface area contributed by atoms with Crippen molar-refractivity contribution in [3.8, 4) is 10.6 Å². The van der Waals surface area contributed by atoms with Crippen LogP contribution in [0.25, 0.3) is 10.6 Å². The minimum Gasteiger partial charge on any atom is -0.388 e. The van der Waals surface area contributed by atoms with E-state index in [1.807, 2.05) is 19.1 Å². The molecular weight excluding hydrogens is 324 g/mol. The van der Waals surface area contributed by atoms with Gasteiger partial charge in [0, 0.05) is 43.5 Å². The normalized spacial score (nSPS) is 16.8. The molecule has 1 amide bonds. The van der Waals surface area contributed by atoms with Crippen LogP contribution in [-0.4, -0.2) is 41.4 Å². The number of hydrogen-bond acceptors (Lipinski definition) is 5. The van der Waals surface area contributed by atoms with Gasteiger partial charge in [0.1, 0.15) is 10.7 Å². The maximum Gasteiger partial charge on any atom is 0.270 e. The van der Waals surface area contributed by atoms with Crippen LogP contribution >= 0.6 is 11.3 Å². The van der Waals surface area contributed by atoms with Gasteiger partial charge in [0.2, 0.25) is 0 Å². The number of ether oxygens (including phenoxy) is 1. The van der Waals surface area contributed by atoms with Crippen LogP contribution in [0, 0.1) is 13.8 Å². The van der Waals surface area contributed by atoms with Gasteiger partial charge in [-0.3, -0.25) is 4.79 Å². The molecule has 2 heterocycles. The van der Waals surface area contributed by atoms with Gasteiger partial charge in [0.15, 0.2) is 0 Å². The Hall–Kier alpha value is -1.76. The summed E-state index contributed by atoms with van der Waals surface area (Å²) >= 11 is 1.46. The summed E-state index contributed by atoms with van der Waals surface area (Å²) < 4.78 is 5.24. The molecule has 0 unspecified atom stereocenters.